The third kappa shape index (κ3) is 6.30. The number of nitrogens with zero attached hydrogens (tertiary/aromatic N) is 1. The van der Waals surface area contributed by atoms with Crippen molar-refractivity contribution in [3.8, 4) is 5.75 Å². The summed E-state index contributed by atoms with van der Waals surface area (Å²) in [5, 5.41) is 14.8. The van der Waals surface area contributed by atoms with E-state index in [1.165, 1.54) is 0 Å². The molecule has 0 unspecified atom stereocenters. The first kappa shape index (κ1) is 23.7. The van der Waals surface area contributed by atoms with E-state index in [9.17, 15) is 19.5 Å². The Bertz CT molecular complexity index is 994. The predicted octanol–water partition coefficient (Wildman–Crippen LogP) is 2.62. The van der Waals surface area contributed by atoms with Gasteiger partial charge in [-0.1, -0.05) is 15.9 Å². The molecule has 0 aliphatic carbocycles. The Labute approximate surface area is 195 Å². The number of aliphatic hydroxyl groups excluding tert-OH is 1. The molecule has 32 heavy (non-hydrogen) atoms. The smallest absolute Gasteiger partial charge is 0.262 e. The first-order valence-electron chi connectivity index (χ1n) is 10.3. The Balaban J connectivity index is 1.52. The number of carbonyl (C=O) groups is 3. The highest BCUT2D eigenvalue weighted by molar-refractivity contribution is 9.10. The summed E-state index contributed by atoms with van der Waals surface area (Å²) in [5.41, 5.74) is 2.31. The van der Waals surface area contributed by atoms with Crippen LogP contribution in [-0.2, 0) is 14.4 Å². The lowest BCUT2D eigenvalue weighted by atomic mass is 10.1. The highest BCUT2D eigenvalue weighted by atomic mass is 79.9. The Morgan fingerprint density at radius 3 is 2.62 bits per heavy atom. The topological polar surface area (TPSA) is 108 Å². The van der Waals surface area contributed by atoms with Crippen LogP contribution < -0.4 is 20.3 Å². The number of nitrogens with one attached hydrogen (secondary N) is 2. The van der Waals surface area contributed by atoms with Gasteiger partial charge in [0.05, 0.1) is 12.0 Å². The summed E-state index contributed by atoms with van der Waals surface area (Å²) >= 11 is 3.39. The van der Waals surface area contributed by atoms with Crippen molar-refractivity contribution < 1.29 is 24.2 Å². The second kappa shape index (κ2) is 10.6. The normalized spacial score (nSPS) is 16.6. The van der Waals surface area contributed by atoms with E-state index in [0.29, 0.717) is 11.4 Å². The van der Waals surface area contributed by atoms with Crippen LogP contribution in [0.2, 0.25) is 0 Å². The summed E-state index contributed by atoms with van der Waals surface area (Å²) in [6.07, 6.45) is -0.514. The van der Waals surface area contributed by atoms with Gasteiger partial charge in [-0.15, -0.1) is 0 Å². The first-order valence-corrected chi connectivity index (χ1v) is 11.1. The number of carbonyl (C=O) groups excluding carboxylic acids is 3. The van der Waals surface area contributed by atoms with Gasteiger partial charge in [-0.3, -0.25) is 14.4 Å². The van der Waals surface area contributed by atoms with E-state index < -0.39 is 12.0 Å². The fourth-order valence-corrected chi connectivity index (χ4v) is 3.83. The van der Waals surface area contributed by atoms with Gasteiger partial charge >= 0.3 is 0 Å². The molecule has 2 aromatic carbocycles. The third-order valence-electron chi connectivity index (χ3n) is 5.05. The fraction of sp³-hybridized carbons (Fsp3) is 0.348. The van der Waals surface area contributed by atoms with Gasteiger partial charge in [0.15, 0.2) is 6.61 Å². The zero-order valence-electron chi connectivity index (χ0n) is 17.9. The maximum absolute atomic E-state index is 12.4. The molecular weight excluding hydrogens is 478 g/mol. The minimum atomic E-state index is -0.638. The lowest BCUT2D eigenvalue weighted by Gasteiger charge is -2.17. The second-order valence-electron chi connectivity index (χ2n) is 7.79. The molecule has 9 heteroatoms. The number of ether oxygens (including phenoxy) is 1. The quantitative estimate of drug-likeness (QED) is 0.513. The van der Waals surface area contributed by atoms with E-state index in [1.54, 1.807) is 36.1 Å². The average Bonchev–Trinajstić information content (AvgIpc) is 3.14. The number of hydrogen-bond donors (Lipinski definition) is 3. The van der Waals surface area contributed by atoms with Crippen LogP contribution in [0.3, 0.4) is 0 Å². The van der Waals surface area contributed by atoms with Crippen molar-refractivity contribution in [2.45, 2.75) is 26.4 Å². The Morgan fingerprint density at radius 2 is 1.97 bits per heavy atom. The van der Waals surface area contributed by atoms with Crippen molar-refractivity contribution in [2.24, 2.45) is 5.92 Å². The van der Waals surface area contributed by atoms with Crippen LogP contribution >= 0.6 is 15.9 Å². The van der Waals surface area contributed by atoms with Crippen LogP contribution in [0.4, 0.5) is 11.4 Å². The third-order valence-corrected chi connectivity index (χ3v) is 5.54. The van der Waals surface area contributed by atoms with Crippen molar-refractivity contribution >= 4 is 45.0 Å². The lowest BCUT2D eigenvalue weighted by molar-refractivity contribution is -0.126. The standard InChI is InChI=1S/C23H26BrN3O5/c1-14-9-17(24)3-8-20(14)26-21(29)13-32-19-6-4-18(5-7-19)27-12-16(10-22(27)30)23(31)25-11-15(2)28/h3-9,15-16,28H,10-13H2,1-2H3,(H,25,31)(H,26,29)/t15-,16+/m1/s1. The van der Waals surface area contributed by atoms with E-state index in [4.69, 9.17) is 4.74 Å². The summed E-state index contributed by atoms with van der Waals surface area (Å²) in [5.74, 6) is -0.619. The molecule has 170 valence electrons. The summed E-state index contributed by atoms with van der Waals surface area (Å²) < 4.78 is 6.49. The van der Waals surface area contributed by atoms with Crippen LogP contribution in [0.25, 0.3) is 0 Å². The fourth-order valence-electron chi connectivity index (χ4n) is 3.35. The van der Waals surface area contributed by atoms with E-state index in [-0.39, 0.29) is 43.8 Å². The van der Waals surface area contributed by atoms with E-state index in [1.807, 2.05) is 25.1 Å². The monoisotopic (exact) mass is 503 g/mol. The molecule has 0 aromatic heterocycles. The van der Waals surface area contributed by atoms with Crippen molar-refractivity contribution in [1.29, 1.82) is 0 Å². The van der Waals surface area contributed by atoms with E-state index >= 15 is 0 Å². The molecule has 1 aliphatic rings. The van der Waals surface area contributed by atoms with Crippen molar-refractivity contribution in [1.82, 2.24) is 5.32 Å². The van der Waals surface area contributed by atoms with Crippen LogP contribution in [0.15, 0.2) is 46.9 Å². The molecule has 1 heterocycles. The largest absolute Gasteiger partial charge is 0.484 e. The number of anilines is 2. The predicted molar refractivity (Wildman–Crippen MR) is 125 cm³/mol. The van der Waals surface area contributed by atoms with E-state index in [0.717, 1.165) is 15.7 Å². The van der Waals surface area contributed by atoms with Crippen molar-refractivity contribution in [3.05, 3.63) is 52.5 Å². The number of aryl methyl sites for hydroxylation is 1. The molecule has 0 bridgehead atoms. The average molecular weight is 504 g/mol. The lowest BCUT2D eigenvalue weighted by Crippen LogP contribution is -2.36. The molecule has 1 saturated heterocycles. The number of benzene rings is 2. The summed E-state index contributed by atoms with van der Waals surface area (Å²) in [7, 11) is 0. The zero-order chi connectivity index (χ0) is 23.3. The molecular formula is C23H26BrN3O5. The van der Waals surface area contributed by atoms with Gasteiger partial charge in [0, 0.05) is 35.4 Å². The number of aliphatic hydroxyl groups is 1. The van der Waals surface area contributed by atoms with Crippen LogP contribution in [0.1, 0.15) is 18.9 Å². The highest BCUT2D eigenvalue weighted by Gasteiger charge is 2.35. The molecule has 1 fully saturated rings. The Kier molecular flexibility index (Phi) is 7.87. The van der Waals surface area contributed by atoms with Crippen LogP contribution in [0.5, 0.6) is 5.75 Å². The minimum absolute atomic E-state index is 0.125. The maximum atomic E-state index is 12.4. The SMILES string of the molecule is Cc1cc(Br)ccc1NC(=O)COc1ccc(N2C[C@@H](C(=O)NC[C@@H](C)O)CC2=O)cc1. The number of amides is 3. The van der Waals surface area contributed by atoms with Crippen molar-refractivity contribution in [2.75, 3.05) is 29.9 Å². The Morgan fingerprint density at radius 1 is 1.25 bits per heavy atom. The maximum Gasteiger partial charge on any atom is 0.262 e. The number of hydrogen-bond acceptors (Lipinski definition) is 5. The van der Waals surface area contributed by atoms with Gasteiger partial charge < -0.3 is 25.4 Å². The zero-order valence-corrected chi connectivity index (χ0v) is 19.5. The molecule has 3 N–H and O–H groups in total. The molecule has 0 saturated carbocycles. The Hall–Kier alpha value is -2.91. The molecule has 3 amide bonds. The van der Waals surface area contributed by atoms with Gasteiger partial charge in [0.1, 0.15) is 5.75 Å². The summed E-state index contributed by atoms with van der Waals surface area (Å²) in [4.78, 5) is 38.3. The second-order valence-corrected chi connectivity index (χ2v) is 8.71. The van der Waals surface area contributed by atoms with Gasteiger partial charge in [0.25, 0.3) is 5.91 Å². The van der Waals surface area contributed by atoms with E-state index in [2.05, 4.69) is 26.6 Å². The number of halogens is 1. The van der Waals surface area contributed by atoms with Crippen LogP contribution in [-0.4, -0.2) is 48.6 Å². The highest BCUT2D eigenvalue weighted by Crippen LogP contribution is 2.27. The molecule has 3 rings (SSSR count). The summed E-state index contributed by atoms with van der Waals surface area (Å²) in [6, 6.07) is 12.4. The van der Waals surface area contributed by atoms with Gasteiger partial charge in [-0.05, 0) is 61.9 Å². The minimum Gasteiger partial charge on any atom is -0.484 e. The molecule has 0 radical (unpaired) electrons. The van der Waals surface area contributed by atoms with Crippen molar-refractivity contribution in [3.63, 3.8) is 0 Å². The van der Waals surface area contributed by atoms with Crippen LogP contribution in [0, 0.1) is 12.8 Å². The van der Waals surface area contributed by atoms with Gasteiger partial charge in [-0.2, -0.15) is 0 Å². The van der Waals surface area contributed by atoms with Gasteiger partial charge in [0.2, 0.25) is 11.8 Å². The molecule has 1 aliphatic heterocycles. The molecule has 2 atom stereocenters. The van der Waals surface area contributed by atoms with Gasteiger partial charge in [-0.25, -0.2) is 0 Å². The number of rotatable bonds is 8. The molecule has 2 aromatic rings. The first-order chi connectivity index (χ1) is 15.2. The molecule has 0 spiro atoms. The summed E-state index contributed by atoms with van der Waals surface area (Å²) in [6.45, 7) is 3.77. The molecule has 8 nitrogen and oxygen atoms in total.